The molecule has 4 heteroatoms. The zero-order chi connectivity index (χ0) is 9.27. The van der Waals surface area contributed by atoms with Crippen molar-refractivity contribution in [3.05, 3.63) is 0 Å². The van der Waals surface area contributed by atoms with Crippen molar-refractivity contribution in [1.29, 1.82) is 0 Å². The Morgan fingerprint density at radius 1 is 1.54 bits per heavy atom. The third kappa shape index (κ3) is 0.760. The van der Waals surface area contributed by atoms with E-state index in [-0.39, 0.29) is 17.6 Å². The largest absolute Gasteiger partial charge is 0.387 e. The second-order valence-corrected chi connectivity index (χ2v) is 4.67. The maximum atomic E-state index is 10.3. The molecule has 0 radical (unpaired) electrons. The normalized spacial score (nSPS) is 64.4. The van der Waals surface area contributed by atoms with Crippen LogP contribution in [0.2, 0.25) is 0 Å². The van der Waals surface area contributed by atoms with Crippen molar-refractivity contribution >= 4 is 0 Å². The highest BCUT2D eigenvalue weighted by Crippen LogP contribution is 2.59. The first-order chi connectivity index (χ1) is 6.09. The highest BCUT2D eigenvalue weighted by Gasteiger charge is 2.76. The first-order valence-corrected chi connectivity index (χ1v) is 4.88. The van der Waals surface area contributed by atoms with E-state index in [1.165, 1.54) is 0 Å². The standard InChI is InChI=1S/C9H15NO3/c1-8-5-4-10-3-2-9(5,12)6(11)7(8)13-8/h5-7,10-12H,2-4H2,1H3/t5?,6-,7+,8-,9+/m1/s1. The van der Waals surface area contributed by atoms with Gasteiger partial charge in [-0.3, -0.25) is 0 Å². The minimum absolute atomic E-state index is 0.0498. The number of rotatable bonds is 0. The molecular formula is C9H15NO3. The summed E-state index contributed by atoms with van der Waals surface area (Å²) < 4.78 is 5.44. The molecule has 4 nitrogen and oxygen atoms in total. The lowest BCUT2D eigenvalue weighted by Gasteiger charge is -2.40. The third-order valence-electron chi connectivity index (χ3n) is 4.03. The molecule has 1 aliphatic carbocycles. The molecule has 2 heterocycles. The Morgan fingerprint density at radius 2 is 2.31 bits per heavy atom. The molecule has 13 heavy (non-hydrogen) atoms. The van der Waals surface area contributed by atoms with Gasteiger partial charge in [-0.1, -0.05) is 0 Å². The maximum Gasteiger partial charge on any atom is 0.116 e. The predicted molar refractivity (Wildman–Crippen MR) is 45.2 cm³/mol. The summed E-state index contributed by atoms with van der Waals surface area (Å²) in [5, 5.41) is 23.4. The van der Waals surface area contributed by atoms with Crippen molar-refractivity contribution in [2.75, 3.05) is 13.1 Å². The van der Waals surface area contributed by atoms with Crippen LogP contribution in [0.5, 0.6) is 0 Å². The van der Waals surface area contributed by atoms with E-state index < -0.39 is 11.7 Å². The Balaban J connectivity index is 1.98. The van der Waals surface area contributed by atoms with Crippen LogP contribution in [0.25, 0.3) is 0 Å². The van der Waals surface area contributed by atoms with E-state index in [0.29, 0.717) is 6.42 Å². The third-order valence-corrected chi connectivity index (χ3v) is 4.03. The molecule has 2 saturated heterocycles. The molecule has 3 rings (SSSR count). The predicted octanol–water partition coefficient (Wildman–Crippen LogP) is -1.14. The zero-order valence-corrected chi connectivity index (χ0v) is 7.66. The number of ether oxygens (including phenoxy) is 1. The lowest BCUT2D eigenvalue weighted by atomic mass is 9.79. The van der Waals surface area contributed by atoms with E-state index in [0.717, 1.165) is 13.1 Å². The Hall–Kier alpha value is -0.160. The first kappa shape index (κ1) is 8.17. The van der Waals surface area contributed by atoms with Crippen molar-refractivity contribution in [3.63, 3.8) is 0 Å². The summed E-state index contributed by atoms with van der Waals surface area (Å²) in [4.78, 5) is 0. The molecule has 0 aromatic carbocycles. The van der Waals surface area contributed by atoms with Gasteiger partial charge in [0, 0.05) is 12.5 Å². The van der Waals surface area contributed by atoms with Gasteiger partial charge in [0.1, 0.15) is 23.4 Å². The summed E-state index contributed by atoms with van der Waals surface area (Å²) in [5.74, 6) is 0.0498. The van der Waals surface area contributed by atoms with Crippen LogP contribution in [0, 0.1) is 5.92 Å². The molecule has 1 saturated carbocycles. The molecule has 1 unspecified atom stereocenters. The fourth-order valence-corrected chi connectivity index (χ4v) is 3.10. The van der Waals surface area contributed by atoms with Gasteiger partial charge >= 0.3 is 0 Å². The second-order valence-electron chi connectivity index (χ2n) is 4.67. The van der Waals surface area contributed by atoms with Crippen LogP contribution in [-0.4, -0.2) is 46.7 Å². The van der Waals surface area contributed by atoms with Crippen molar-refractivity contribution in [2.24, 2.45) is 5.92 Å². The minimum atomic E-state index is -0.900. The van der Waals surface area contributed by atoms with Gasteiger partial charge in [0.2, 0.25) is 0 Å². The number of nitrogens with one attached hydrogen (secondary N) is 1. The molecule has 0 amide bonds. The number of hydrogen-bond donors (Lipinski definition) is 3. The summed E-state index contributed by atoms with van der Waals surface area (Å²) in [6.07, 6.45) is -0.194. The smallest absolute Gasteiger partial charge is 0.116 e. The van der Waals surface area contributed by atoms with Crippen LogP contribution in [-0.2, 0) is 4.74 Å². The van der Waals surface area contributed by atoms with Crippen LogP contribution >= 0.6 is 0 Å². The molecule has 5 atom stereocenters. The van der Waals surface area contributed by atoms with E-state index in [4.69, 9.17) is 4.74 Å². The van der Waals surface area contributed by atoms with E-state index in [1.54, 1.807) is 0 Å². The van der Waals surface area contributed by atoms with Crippen molar-refractivity contribution < 1.29 is 14.9 Å². The molecule has 0 aromatic rings. The highest BCUT2D eigenvalue weighted by atomic mass is 16.6. The molecule has 3 fully saturated rings. The fourth-order valence-electron chi connectivity index (χ4n) is 3.10. The molecule has 2 aliphatic heterocycles. The molecule has 0 spiro atoms. The molecule has 74 valence electrons. The van der Waals surface area contributed by atoms with Crippen LogP contribution in [0.4, 0.5) is 0 Å². The van der Waals surface area contributed by atoms with Gasteiger partial charge in [0.15, 0.2) is 0 Å². The second kappa shape index (κ2) is 2.08. The summed E-state index contributed by atoms with van der Waals surface area (Å²) in [6, 6.07) is 0. The van der Waals surface area contributed by atoms with Gasteiger partial charge in [0.25, 0.3) is 0 Å². The lowest BCUT2D eigenvalue weighted by molar-refractivity contribution is -0.139. The quantitative estimate of drug-likeness (QED) is 0.417. The van der Waals surface area contributed by atoms with Crippen LogP contribution in [0.1, 0.15) is 13.3 Å². The number of aliphatic hydroxyl groups excluding tert-OH is 1. The molecule has 0 aromatic heterocycles. The van der Waals surface area contributed by atoms with Gasteiger partial charge in [-0.25, -0.2) is 0 Å². The summed E-state index contributed by atoms with van der Waals surface area (Å²) >= 11 is 0. The van der Waals surface area contributed by atoms with E-state index in [9.17, 15) is 10.2 Å². The average Bonchev–Trinajstić information content (AvgIpc) is 2.74. The SMILES string of the molecule is C[C@]12O[C@H]1[C@@H](O)[C@]1(O)CCNCC12. The van der Waals surface area contributed by atoms with Gasteiger partial charge in [-0.15, -0.1) is 0 Å². The van der Waals surface area contributed by atoms with Crippen molar-refractivity contribution in [2.45, 2.75) is 36.8 Å². The Morgan fingerprint density at radius 3 is 3.00 bits per heavy atom. The molecular weight excluding hydrogens is 170 g/mol. The van der Waals surface area contributed by atoms with Crippen LogP contribution in [0.3, 0.4) is 0 Å². The van der Waals surface area contributed by atoms with Crippen LogP contribution in [0.15, 0.2) is 0 Å². The van der Waals surface area contributed by atoms with Gasteiger partial charge in [0.05, 0.1) is 0 Å². The molecule has 3 N–H and O–H groups in total. The van der Waals surface area contributed by atoms with Crippen LogP contribution < -0.4 is 5.32 Å². The fraction of sp³-hybridized carbons (Fsp3) is 1.00. The summed E-state index contributed by atoms with van der Waals surface area (Å²) in [6.45, 7) is 3.52. The van der Waals surface area contributed by atoms with Gasteiger partial charge in [-0.05, 0) is 19.9 Å². The lowest BCUT2D eigenvalue weighted by Crippen LogP contribution is -2.57. The monoisotopic (exact) mass is 185 g/mol. The summed E-state index contributed by atoms with van der Waals surface area (Å²) in [7, 11) is 0. The molecule has 3 aliphatic rings. The topological polar surface area (TPSA) is 65.0 Å². The van der Waals surface area contributed by atoms with E-state index in [1.807, 2.05) is 6.92 Å². The number of aliphatic hydroxyl groups is 2. The zero-order valence-electron chi connectivity index (χ0n) is 7.66. The molecule has 0 bridgehead atoms. The Labute approximate surface area is 76.9 Å². The van der Waals surface area contributed by atoms with E-state index >= 15 is 0 Å². The van der Waals surface area contributed by atoms with Gasteiger partial charge < -0.3 is 20.3 Å². The van der Waals surface area contributed by atoms with Crippen molar-refractivity contribution in [3.8, 4) is 0 Å². The Bertz CT molecular complexity index is 259. The minimum Gasteiger partial charge on any atom is -0.387 e. The number of piperidine rings is 1. The maximum absolute atomic E-state index is 10.3. The van der Waals surface area contributed by atoms with Crippen molar-refractivity contribution in [1.82, 2.24) is 5.32 Å². The first-order valence-electron chi connectivity index (χ1n) is 4.88. The van der Waals surface area contributed by atoms with Gasteiger partial charge in [-0.2, -0.15) is 0 Å². The van der Waals surface area contributed by atoms with E-state index in [2.05, 4.69) is 5.32 Å². The number of fused-ring (bicyclic) bond motifs is 3. The summed E-state index contributed by atoms with van der Waals surface area (Å²) in [5.41, 5.74) is -1.18. The number of hydrogen-bond acceptors (Lipinski definition) is 4. The average molecular weight is 185 g/mol. The Kier molecular flexibility index (Phi) is 1.31. The highest BCUT2D eigenvalue weighted by molar-refractivity contribution is 5.25. The number of epoxide rings is 1.